The molecular formula is C16H18BrFN4OS. The summed E-state index contributed by atoms with van der Waals surface area (Å²) < 4.78 is 14.8. The van der Waals surface area contributed by atoms with Crippen LogP contribution in [0.25, 0.3) is 10.6 Å². The Kier molecular flexibility index (Phi) is 5.15. The summed E-state index contributed by atoms with van der Waals surface area (Å²) in [6, 6.07) is 5.07. The molecule has 0 atom stereocenters. The van der Waals surface area contributed by atoms with E-state index >= 15 is 0 Å². The Morgan fingerprint density at radius 1 is 1.38 bits per heavy atom. The fourth-order valence-electron chi connectivity index (χ4n) is 2.82. The predicted molar refractivity (Wildman–Crippen MR) is 96.7 cm³/mol. The molecule has 0 aliphatic carbocycles. The van der Waals surface area contributed by atoms with Gasteiger partial charge in [0.1, 0.15) is 5.82 Å². The lowest BCUT2D eigenvalue weighted by Crippen LogP contribution is -2.45. The quantitative estimate of drug-likeness (QED) is 0.773. The summed E-state index contributed by atoms with van der Waals surface area (Å²) in [5, 5.41) is 9.75. The highest BCUT2D eigenvalue weighted by Crippen LogP contribution is 2.33. The van der Waals surface area contributed by atoms with Crippen molar-refractivity contribution in [3.05, 3.63) is 28.5 Å². The van der Waals surface area contributed by atoms with Crippen LogP contribution in [0, 0.1) is 5.82 Å². The molecule has 1 fully saturated rings. The van der Waals surface area contributed by atoms with E-state index in [9.17, 15) is 9.18 Å². The van der Waals surface area contributed by atoms with Crippen LogP contribution < -0.4 is 4.90 Å². The number of carbonyl (C=O) groups is 1. The van der Waals surface area contributed by atoms with Gasteiger partial charge in [-0.3, -0.25) is 4.79 Å². The van der Waals surface area contributed by atoms with Crippen molar-refractivity contribution in [1.82, 2.24) is 15.1 Å². The summed E-state index contributed by atoms with van der Waals surface area (Å²) >= 11 is 4.75. The van der Waals surface area contributed by atoms with Crippen molar-refractivity contribution in [3.8, 4) is 10.6 Å². The van der Waals surface area contributed by atoms with Gasteiger partial charge in [0.2, 0.25) is 11.0 Å². The second kappa shape index (κ2) is 7.14. The molecule has 1 aromatic heterocycles. The van der Waals surface area contributed by atoms with Crippen molar-refractivity contribution < 1.29 is 9.18 Å². The molecule has 3 rings (SSSR count). The number of carbonyl (C=O) groups excluding carboxylic acids is 1. The maximum Gasteiger partial charge on any atom is 0.219 e. The van der Waals surface area contributed by atoms with Crippen LogP contribution in [-0.4, -0.2) is 47.2 Å². The van der Waals surface area contributed by atoms with E-state index in [0.29, 0.717) is 10.6 Å². The first-order chi connectivity index (χ1) is 11.5. The Balaban J connectivity index is 1.71. The van der Waals surface area contributed by atoms with Crippen molar-refractivity contribution in [2.24, 2.45) is 0 Å². The lowest BCUT2D eigenvalue weighted by molar-refractivity contribution is -0.129. The fourth-order valence-corrected chi connectivity index (χ4v) is 4.09. The van der Waals surface area contributed by atoms with Crippen molar-refractivity contribution in [3.63, 3.8) is 0 Å². The normalized spacial score (nSPS) is 15.6. The highest BCUT2D eigenvalue weighted by molar-refractivity contribution is 9.10. The summed E-state index contributed by atoms with van der Waals surface area (Å²) in [5.41, 5.74) is 0.458. The Hall–Kier alpha value is -1.54. The lowest BCUT2D eigenvalue weighted by atomic mass is 10.0. The van der Waals surface area contributed by atoms with E-state index in [0.717, 1.165) is 35.5 Å². The molecule has 0 unspecified atom stereocenters. The number of nitrogens with zero attached hydrogens (tertiary/aromatic N) is 4. The van der Waals surface area contributed by atoms with E-state index in [1.54, 1.807) is 24.0 Å². The number of halogens is 2. The SMILES string of the molecule is CC(=O)N(C)C1CCN(c2nnc(-c3cc(Br)ccc3F)s2)CC1. The first-order valence-corrected chi connectivity index (χ1v) is 9.34. The fraction of sp³-hybridized carbons (Fsp3) is 0.438. The van der Waals surface area contributed by atoms with Gasteiger partial charge in [-0.15, -0.1) is 10.2 Å². The number of piperidine rings is 1. The van der Waals surface area contributed by atoms with Crippen LogP contribution in [0.5, 0.6) is 0 Å². The molecule has 2 aromatic rings. The van der Waals surface area contributed by atoms with Gasteiger partial charge in [0, 0.05) is 43.1 Å². The first-order valence-electron chi connectivity index (χ1n) is 7.73. The molecular weight excluding hydrogens is 395 g/mol. The van der Waals surface area contributed by atoms with Gasteiger partial charge < -0.3 is 9.80 Å². The number of rotatable bonds is 3. The van der Waals surface area contributed by atoms with Crippen LogP contribution in [0.3, 0.4) is 0 Å². The number of aromatic nitrogens is 2. The van der Waals surface area contributed by atoms with Crippen LogP contribution in [0.4, 0.5) is 9.52 Å². The molecule has 0 N–H and O–H groups in total. The number of hydrogen-bond donors (Lipinski definition) is 0. The van der Waals surface area contributed by atoms with Gasteiger partial charge in [0.25, 0.3) is 0 Å². The van der Waals surface area contributed by atoms with Gasteiger partial charge in [-0.2, -0.15) is 0 Å². The smallest absolute Gasteiger partial charge is 0.219 e. The third kappa shape index (κ3) is 3.59. The van der Waals surface area contributed by atoms with Crippen molar-refractivity contribution >= 4 is 38.3 Å². The molecule has 1 aliphatic heterocycles. The van der Waals surface area contributed by atoms with E-state index in [1.165, 1.54) is 17.4 Å². The van der Waals surface area contributed by atoms with E-state index < -0.39 is 0 Å². The summed E-state index contributed by atoms with van der Waals surface area (Å²) in [7, 11) is 1.85. The van der Waals surface area contributed by atoms with Gasteiger partial charge in [-0.05, 0) is 31.0 Å². The standard InChI is InChI=1S/C16H18BrFN4OS/c1-10(23)21(2)12-5-7-22(8-6-12)16-20-19-15(24-16)13-9-11(17)3-4-14(13)18/h3-4,9,12H,5-8H2,1-2H3. The summed E-state index contributed by atoms with van der Waals surface area (Å²) in [6.45, 7) is 3.23. The van der Waals surface area contributed by atoms with Crippen LogP contribution >= 0.6 is 27.3 Å². The molecule has 0 bridgehead atoms. The first kappa shape index (κ1) is 17.3. The molecule has 128 valence electrons. The zero-order chi connectivity index (χ0) is 17.3. The van der Waals surface area contributed by atoms with Crippen LogP contribution in [0.15, 0.2) is 22.7 Å². The monoisotopic (exact) mass is 412 g/mol. The molecule has 1 aromatic carbocycles. The number of hydrogen-bond acceptors (Lipinski definition) is 5. The number of benzene rings is 1. The van der Waals surface area contributed by atoms with E-state index in [4.69, 9.17) is 0 Å². The minimum Gasteiger partial charge on any atom is -0.346 e. The average Bonchev–Trinajstić information content (AvgIpc) is 3.06. The minimum atomic E-state index is -0.303. The van der Waals surface area contributed by atoms with Gasteiger partial charge in [-0.1, -0.05) is 27.3 Å². The van der Waals surface area contributed by atoms with Crippen LogP contribution in [-0.2, 0) is 4.79 Å². The van der Waals surface area contributed by atoms with Crippen LogP contribution in [0.2, 0.25) is 0 Å². The Morgan fingerprint density at radius 2 is 2.08 bits per heavy atom. The highest BCUT2D eigenvalue weighted by atomic mass is 79.9. The molecule has 8 heteroatoms. The summed E-state index contributed by atoms with van der Waals surface area (Å²) in [4.78, 5) is 15.4. The molecule has 0 radical (unpaired) electrons. The molecule has 2 heterocycles. The Morgan fingerprint density at radius 3 is 2.75 bits per heavy atom. The van der Waals surface area contributed by atoms with Gasteiger partial charge in [-0.25, -0.2) is 4.39 Å². The zero-order valence-corrected chi connectivity index (χ0v) is 15.9. The third-order valence-corrected chi connectivity index (χ3v) is 5.86. The van der Waals surface area contributed by atoms with E-state index in [-0.39, 0.29) is 17.8 Å². The van der Waals surface area contributed by atoms with Gasteiger partial charge in [0.05, 0.1) is 0 Å². The number of anilines is 1. The van der Waals surface area contributed by atoms with Crippen LogP contribution in [0.1, 0.15) is 19.8 Å². The molecule has 1 amide bonds. The number of amides is 1. The molecule has 0 spiro atoms. The molecule has 24 heavy (non-hydrogen) atoms. The second-order valence-electron chi connectivity index (χ2n) is 5.86. The van der Waals surface area contributed by atoms with E-state index in [1.807, 2.05) is 7.05 Å². The molecule has 1 saturated heterocycles. The van der Waals surface area contributed by atoms with Crippen molar-refractivity contribution in [2.45, 2.75) is 25.8 Å². The highest BCUT2D eigenvalue weighted by Gasteiger charge is 2.26. The minimum absolute atomic E-state index is 0.0942. The van der Waals surface area contributed by atoms with Gasteiger partial charge in [0.15, 0.2) is 5.01 Å². The maximum atomic E-state index is 14.0. The lowest BCUT2D eigenvalue weighted by Gasteiger charge is -2.36. The third-order valence-electron chi connectivity index (χ3n) is 4.35. The largest absolute Gasteiger partial charge is 0.346 e. The summed E-state index contributed by atoms with van der Waals surface area (Å²) in [6.07, 6.45) is 1.80. The Labute approximate surface area is 152 Å². The average molecular weight is 413 g/mol. The molecule has 1 aliphatic rings. The zero-order valence-electron chi connectivity index (χ0n) is 13.5. The van der Waals surface area contributed by atoms with Crippen molar-refractivity contribution in [1.29, 1.82) is 0 Å². The second-order valence-corrected chi connectivity index (χ2v) is 7.73. The molecule has 0 saturated carbocycles. The topological polar surface area (TPSA) is 49.3 Å². The van der Waals surface area contributed by atoms with Crippen molar-refractivity contribution in [2.75, 3.05) is 25.0 Å². The van der Waals surface area contributed by atoms with E-state index in [2.05, 4.69) is 31.0 Å². The predicted octanol–water partition coefficient (Wildman–Crippen LogP) is 3.55. The van der Waals surface area contributed by atoms with Gasteiger partial charge >= 0.3 is 0 Å². The Bertz CT molecular complexity index is 745. The summed E-state index contributed by atoms with van der Waals surface area (Å²) in [5.74, 6) is -0.209. The maximum absolute atomic E-state index is 14.0. The molecule has 5 nitrogen and oxygen atoms in total.